The Balaban J connectivity index is 1.72. The molecule has 0 atom stereocenters. The largest absolute Gasteiger partial charge is 0.326 e. The van der Waals surface area contributed by atoms with Gasteiger partial charge in [0.15, 0.2) is 0 Å². The highest BCUT2D eigenvalue weighted by Gasteiger charge is 2.08. The first-order valence-electron chi connectivity index (χ1n) is 8.46. The fourth-order valence-electron chi connectivity index (χ4n) is 2.91. The minimum Gasteiger partial charge on any atom is -0.326 e. The number of hydrogen-bond donors (Lipinski definition) is 1. The summed E-state index contributed by atoms with van der Waals surface area (Å²) in [6, 6.07) is 12.8. The topological polar surface area (TPSA) is 29.1 Å². The molecule has 0 unspecified atom stereocenters. The number of nitrogens with one attached hydrogen (secondary N) is 1. The van der Waals surface area contributed by atoms with E-state index < -0.39 is 0 Å². The van der Waals surface area contributed by atoms with E-state index in [2.05, 4.69) is 55.6 Å². The molecule has 0 saturated heterocycles. The molecule has 3 heteroatoms. The molecule has 0 aliphatic rings. The number of carbonyl (C=O) groups excluding carboxylic acids is 1. The van der Waals surface area contributed by atoms with Crippen molar-refractivity contribution in [2.45, 2.75) is 46.3 Å². The molecule has 1 N–H and O–H groups in total. The van der Waals surface area contributed by atoms with E-state index in [1.165, 1.54) is 16.7 Å². The van der Waals surface area contributed by atoms with E-state index >= 15 is 0 Å². The lowest BCUT2D eigenvalue weighted by Crippen LogP contribution is -2.13. The van der Waals surface area contributed by atoms with Gasteiger partial charge in [-0.2, -0.15) is 11.8 Å². The third-order valence-corrected chi connectivity index (χ3v) is 5.10. The maximum absolute atomic E-state index is 12.2. The summed E-state index contributed by atoms with van der Waals surface area (Å²) < 4.78 is 0. The van der Waals surface area contributed by atoms with E-state index in [4.69, 9.17) is 0 Å². The number of anilines is 1. The van der Waals surface area contributed by atoms with Gasteiger partial charge in [-0.15, -0.1) is 0 Å². The van der Waals surface area contributed by atoms with Crippen LogP contribution >= 0.6 is 11.8 Å². The smallest absolute Gasteiger partial charge is 0.224 e. The average Bonchev–Trinajstić information content (AvgIpc) is 2.50. The van der Waals surface area contributed by atoms with Gasteiger partial charge in [0.05, 0.1) is 0 Å². The summed E-state index contributed by atoms with van der Waals surface area (Å²) in [5.74, 6) is 2.13. The molecule has 24 heavy (non-hydrogen) atoms. The molecule has 0 spiro atoms. The molecular weight excluding hydrogens is 314 g/mol. The van der Waals surface area contributed by atoms with Gasteiger partial charge in [-0.25, -0.2) is 0 Å². The highest BCUT2D eigenvalue weighted by atomic mass is 32.2. The molecule has 0 heterocycles. The number of hydrogen-bond acceptors (Lipinski definition) is 2. The first-order valence-corrected chi connectivity index (χ1v) is 9.62. The van der Waals surface area contributed by atoms with Crippen LogP contribution in [0.1, 0.15) is 40.7 Å². The van der Waals surface area contributed by atoms with Crippen molar-refractivity contribution in [1.29, 1.82) is 0 Å². The SMILES string of the molecule is Cc1cccc(CSCCCC(=O)Nc2c(C)cc(C)cc2C)c1. The van der Waals surface area contributed by atoms with Crippen LogP contribution in [0.2, 0.25) is 0 Å². The van der Waals surface area contributed by atoms with E-state index in [0.29, 0.717) is 6.42 Å². The molecule has 0 aliphatic heterocycles. The van der Waals surface area contributed by atoms with Gasteiger partial charge in [-0.1, -0.05) is 47.5 Å². The van der Waals surface area contributed by atoms with Crippen molar-refractivity contribution in [2.24, 2.45) is 0 Å². The van der Waals surface area contributed by atoms with Crippen LogP contribution < -0.4 is 5.32 Å². The zero-order valence-electron chi connectivity index (χ0n) is 15.1. The lowest BCUT2D eigenvalue weighted by molar-refractivity contribution is -0.116. The standard InChI is InChI=1S/C21H27NOS/c1-15-7-5-8-19(13-15)14-24-10-6-9-20(23)22-21-17(3)11-16(2)12-18(21)4/h5,7-8,11-13H,6,9-10,14H2,1-4H3,(H,22,23). The fraction of sp³-hybridized carbons (Fsp3) is 0.381. The summed E-state index contributed by atoms with van der Waals surface area (Å²) in [6.45, 7) is 8.30. The van der Waals surface area contributed by atoms with Crippen molar-refractivity contribution in [3.63, 3.8) is 0 Å². The Morgan fingerprint density at radius 1 is 1.00 bits per heavy atom. The molecule has 0 radical (unpaired) electrons. The first-order chi connectivity index (χ1) is 11.5. The van der Waals surface area contributed by atoms with Crippen LogP contribution in [-0.2, 0) is 10.5 Å². The van der Waals surface area contributed by atoms with Crippen LogP contribution in [-0.4, -0.2) is 11.7 Å². The van der Waals surface area contributed by atoms with Crippen molar-refractivity contribution in [1.82, 2.24) is 0 Å². The Hall–Kier alpha value is -1.74. The van der Waals surface area contributed by atoms with Gasteiger partial charge < -0.3 is 5.32 Å². The highest BCUT2D eigenvalue weighted by Crippen LogP contribution is 2.22. The zero-order valence-corrected chi connectivity index (χ0v) is 15.9. The fourth-order valence-corrected chi connectivity index (χ4v) is 3.81. The molecule has 0 aliphatic carbocycles. The second-order valence-electron chi connectivity index (χ2n) is 6.47. The zero-order chi connectivity index (χ0) is 17.5. The molecule has 2 rings (SSSR count). The Bertz CT molecular complexity index is 686. The summed E-state index contributed by atoms with van der Waals surface area (Å²) in [4.78, 5) is 12.2. The lowest BCUT2D eigenvalue weighted by atomic mass is 10.0. The van der Waals surface area contributed by atoms with E-state index in [9.17, 15) is 4.79 Å². The van der Waals surface area contributed by atoms with Crippen LogP contribution in [0, 0.1) is 27.7 Å². The number of amides is 1. The normalized spacial score (nSPS) is 10.7. The Morgan fingerprint density at radius 2 is 1.71 bits per heavy atom. The van der Waals surface area contributed by atoms with E-state index in [-0.39, 0.29) is 5.91 Å². The number of thioether (sulfide) groups is 1. The molecule has 0 fully saturated rings. The van der Waals surface area contributed by atoms with Crippen LogP contribution in [0.5, 0.6) is 0 Å². The van der Waals surface area contributed by atoms with Gasteiger partial charge >= 0.3 is 0 Å². The Kier molecular flexibility index (Phi) is 6.92. The molecule has 1 amide bonds. The summed E-state index contributed by atoms with van der Waals surface area (Å²) in [6.07, 6.45) is 1.49. The monoisotopic (exact) mass is 341 g/mol. The number of carbonyl (C=O) groups is 1. The van der Waals surface area contributed by atoms with Crippen LogP contribution in [0.15, 0.2) is 36.4 Å². The average molecular weight is 342 g/mol. The van der Waals surface area contributed by atoms with Gasteiger partial charge in [-0.3, -0.25) is 4.79 Å². The molecule has 128 valence electrons. The molecule has 0 saturated carbocycles. The Morgan fingerprint density at radius 3 is 2.38 bits per heavy atom. The summed E-state index contributed by atoms with van der Waals surface area (Å²) in [5.41, 5.74) is 7.13. The third-order valence-electron chi connectivity index (χ3n) is 3.99. The van der Waals surface area contributed by atoms with Crippen molar-refractivity contribution in [3.8, 4) is 0 Å². The minimum atomic E-state index is 0.112. The molecule has 2 aromatic carbocycles. The molecule has 2 nitrogen and oxygen atoms in total. The third kappa shape index (κ3) is 5.72. The maximum atomic E-state index is 12.2. The van der Waals surface area contributed by atoms with Gasteiger partial charge in [-0.05, 0) is 56.6 Å². The Labute approximate surface area is 150 Å². The lowest BCUT2D eigenvalue weighted by Gasteiger charge is -2.12. The second-order valence-corrected chi connectivity index (χ2v) is 7.57. The molecular formula is C21H27NOS. The van der Waals surface area contributed by atoms with Gasteiger partial charge in [0, 0.05) is 17.9 Å². The number of benzene rings is 2. The van der Waals surface area contributed by atoms with E-state index in [0.717, 1.165) is 34.7 Å². The minimum absolute atomic E-state index is 0.112. The van der Waals surface area contributed by atoms with E-state index in [1.807, 2.05) is 25.6 Å². The first kappa shape index (κ1) is 18.6. The second kappa shape index (κ2) is 8.93. The summed E-state index contributed by atoms with van der Waals surface area (Å²) >= 11 is 1.89. The van der Waals surface area contributed by atoms with Crippen LogP contribution in [0.3, 0.4) is 0 Å². The quantitative estimate of drug-likeness (QED) is 0.667. The predicted octanol–water partition coefficient (Wildman–Crippen LogP) is 5.57. The highest BCUT2D eigenvalue weighted by molar-refractivity contribution is 7.98. The van der Waals surface area contributed by atoms with Gasteiger partial charge in [0.1, 0.15) is 0 Å². The molecule has 0 bridgehead atoms. The van der Waals surface area contributed by atoms with E-state index in [1.54, 1.807) is 0 Å². The van der Waals surface area contributed by atoms with Crippen LogP contribution in [0.25, 0.3) is 0 Å². The molecule has 0 aromatic heterocycles. The number of aryl methyl sites for hydroxylation is 4. The van der Waals surface area contributed by atoms with Crippen LogP contribution in [0.4, 0.5) is 5.69 Å². The maximum Gasteiger partial charge on any atom is 0.224 e. The summed E-state index contributed by atoms with van der Waals surface area (Å²) in [7, 11) is 0. The van der Waals surface area contributed by atoms with Crippen molar-refractivity contribution < 1.29 is 4.79 Å². The van der Waals surface area contributed by atoms with Crippen molar-refractivity contribution in [2.75, 3.05) is 11.1 Å². The van der Waals surface area contributed by atoms with Crippen molar-refractivity contribution in [3.05, 3.63) is 64.2 Å². The van der Waals surface area contributed by atoms with Crippen molar-refractivity contribution >= 4 is 23.4 Å². The summed E-state index contributed by atoms with van der Waals surface area (Å²) in [5, 5.41) is 3.07. The van der Waals surface area contributed by atoms with Gasteiger partial charge in [0.25, 0.3) is 0 Å². The van der Waals surface area contributed by atoms with Gasteiger partial charge in [0.2, 0.25) is 5.91 Å². The predicted molar refractivity (Wildman–Crippen MR) is 106 cm³/mol. The molecule has 2 aromatic rings. The number of rotatable bonds is 7.